The molecule has 0 fully saturated rings. The number of rotatable bonds is 3. The van der Waals surface area contributed by atoms with Crippen LogP contribution in [0.15, 0.2) is 36.4 Å². The summed E-state index contributed by atoms with van der Waals surface area (Å²) in [5.74, 6) is -1.60. The Morgan fingerprint density at radius 1 is 1.09 bits per heavy atom. The normalized spacial score (nSPS) is 10.0. The van der Waals surface area contributed by atoms with Crippen molar-refractivity contribution in [2.24, 2.45) is 0 Å². The number of nitrogens with one attached hydrogen (secondary N) is 2. The van der Waals surface area contributed by atoms with Gasteiger partial charge < -0.3 is 20.5 Å². The Morgan fingerprint density at radius 3 is 2.30 bits per heavy atom. The molecule has 2 amide bonds. The first kappa shape index (κ1) is 16.6. The summed E-state index contributed by atoms with van der Waals surface area (Å²) < 4.78 is 5.13. The molecule has 0 saturated carbocycles. The Morgan fingerprint density at radius 2 is 1.70 bits per heavy atom. The van der Waals surface area contributed by atoms with E-state index in [-0.39, 0.29) is 11.4 Å². The number of aromatic hydroxyl groups is 1. The van der Waals surface area contributed by atoms with E-state index in [1.54, 1.807) is 31.2 Å². The molecule has 0 unspecified atom stereocenters. The molecule has 0 saturated heterocycles. The van der Waals surface area contributed by atoms with Gasteiger partial charge in [-0.25, -0.2) is 0 Å². The number of aryl methyl sites for hydroxylation is 1. The maximum Gasteiger partial charge on any atom is 0.314 e. The topological polar surface area (TPSA) is 87.7 Å². The first-order valence-electron chi connectivity index (χ1n) is 6.67. The number of hydrogen-bond donors (Lipinski definition) is 3. The number of carbonyl (C=O) groups is 2. The van der Waals surface area contributed by atoms with Gasteiger partial charge in [-0.05, 0) is 30.7 Å². The van der Waals surface area contributed by atoms with Crippen LogP contribution in [0.1, 0.15) is 5.56 Å². The van der Waals surface area contributed by atoms with Gasteiger partial charge in [-0.3, -0.25) is 9.59 Å². The molecule has 0 bridgehead atoms. The molecule has 2 aromatic carbocycles. The lowest BCUT2D eigenvalue weighted by Crippen LogP contribution is -2.29. The van der Waals surface area contributed by atoms with Gasteiger partial charge in [-0.1, -0.05) is 23.7 Å². The monoisotopic (exact) mass is 334 g/mol. The minimum absolute atomic E-state index is 0.131. The van der Waals surface area contributed by atoms with Crippen LogP contribution in [0.2, 0.25) is 5.02 Å². The van der Waals surface area contributed by atoms with Gasteiger partial charge in [-0.2, -0.15) is 0 Å². The third-order valence-corrected chi connectivity index (χ3v) is 3.49. The number of carbonyl (C=O) groups excluding carboxylic acids is 2. The van der Waals surface area contributed by atoms with E-state index in [4.69, 9.17) is 16.3 Å². The molecule has 0 aromatic heterocycles. The number of phenolic OH excluding ortho intramolecular Hbond substituents is 1. The molecule has 0 radical (unpaired) electrons. The standard InChI is InChI=1S/C16H15ClN2O4/c1-9-7-12(14(23-2)8-10(9)17)19-16(22)15(21)18-11-5-3-4-6-13(11)20/h3-8,20H,1-2H3,(H,18,21)(H,19,22). The third-order valence-electron chi connectivity index (χ3n) is 3.09. The molecule has 120 valence electrons. The van der Waals surface area contributed by atoms with Crippen LogP contribution in [0.25, 0.3) is 0 Å². The van der Waals surface area contributed by atoms with E-state index in [9.17, 15) is 14.7 Å². The number of para-hydroxylation sites is 2. The Kier molecular flexibility index (Phi) is 5.08. The molecule has 6 nitrogen and oxygen atoms in total. The van der Waals surface area contributed by atoms with Crippen LogP contribution in [0.5, 0.6) is 11.5 Å². The van der Waals surface area contributed by atoms with Crippen LogP contribution in [0, 0.1) is 6.92 Å². The van der Waals surface area contributed by atoms with Crippen molar-refractivity contribution < 1.29 is 19.4 Å². The van der Waals surface area contributed by atoms with E-state index < -0.39 is 11.8 Å². The summed E-state index contributed by atoms with van der Waals surface area (Å²) in [5.41, 5.74) is 1.20. The fraction of sp³-hybridized carbons (Fsp3) is 0.125. The molecule has 0 heterocycles. The quantitative estimate of drug-likeness (QED) is 0.595. The molecule has 2 aromatic rings. The van der Waals surface area contributed by atoms with E-state index in [2.05, 4.69) is 10.6 Å². The molecule has 0 aliphatic rings. The summed E-state index contributed by atoms with van der Waals surface area (Å²) in [7, 11) is 1.43. The number of methoxy groups -OCH3 is 1. The number of halogens is 1. The van der Waals surface area contributed by atoms with Crippen LogP contribution in [-0.4, -0.2) is 24.0 Å². The second kappa shape index (κ2) is 7.02. The Hall–Kier alpha value is -2.73. The Labute approximate surface area is 138 Å². The predicted molar refractivity (Wildman–Crippen MR) is 88.1 cm³/mol. The van der Waals surface area contributed by atoms with Gasteiger partial charge in [0.15, 0.2) is 0 Å². The van der Waals surface area contributed by atoms with Gasteiger partial charge >= 0.3 is 11.8 Å². The number of hydrogen-bond acceptors (Lipinski definition) is 4. The van der Waals surface area contributed by atoms with Crippen LogP contribution in [0.3, 0.4) is 0 Å². The van der Waals surface area contributed by atoms with Crippen molar-refractivity contribution in [2.45, 2.75) is 6.92 Å². The molecule has 7 heteroatoms. The number of phenols is 1. The zero-order valence-electron chi connectivity index (χ0n) is 12.5. The highest BCUT2D eigenvalue weighted by Crippen LogP contribution is 2.31. The van der Waals surface area contributed by atoms with Crippen molar-refractivity contribution in [2.75, 3.05) is 17.7 Å². The van der Waals surface area contributed by atoms with Gasteiger partial charge in [-0.15, -0.1) is 0 Å². The highest BCUT2D eigenvalue weighted by molar-refractivity contribution is 6.44. The maximum atomic E-state index is 12.0. The molecule has 0 aliphatic carbocycles. The van der Waals surface area contributed by atoms with Gasteiger partial charge in [0.2, 0.25) is 0 Å². The molecule has 0 aliphatic heterocycles. The SMILES string of the molecule is COc1cc(Cl)c(C)cc1NC(=O)C(=O)Nc1ccccc1O. The van der Waals surface area contributed by atoms with E-state index in [1.807, 2.05) is 0 Å². The summed E-state index contributed by atoms with van der Waals surface area (Å²) >= 11 is 5.99. The minimum atomic E-state index is -0.916. The smallest absolute Gasteiger partial charge is 0.314 e. The molecule has 0 spiro atoms. The first-order chi connectivity index (χ1) is 10.9. The van der Waals surface area contributed by atoms with Gasteiger partial charge in [0.1, 0.15) is 11.5 Å². The molecule has 2 rings (SSSR count). The first-order valence-corrected chi connectivity index (χ1v) is 7.04. The van der Waals surface area contributed by atoms with Crippen LogP contribution < -0.4 is 15.4 Å². The highest BCUT2D eigenvalue weighted by atomic mass is 35.5. The van der Waals surface area contributed by atoms with E-state index in [0.29, 0.717) is 16.5 Å². The number of benzene rings is 2. The largest absolute Gasteiger partial charge is 0.506 e. The van der Waals surface area contributed by atoms with Crippen molar-refractivity contribution in [1.82, 2.24) is 0 Å². The van der Waals surface area contributed by atoms with Crippen molar-refractivity contribution in [3.05, 3.63) is 47.0 Å². The summed E-state index contributed by atoms with van der Waals surface area (Å²) in [4.78, 5) is 23.9. The molecular formula is C16H15ClN2O4. The molecule has 23 heavy (non-hydrogen) atoms. The van der Waals surface area contributed by atoms with Crippen molar-refractivity contribution >= 4 is 34.8 Å². The van der Waals surface area contributed by atoms with Gasteiger partial charge in [0, 0.05) is 11.1 Å². The Bertz CT molecular complexity index is 762. The molecular weight excluding hydrogens is 320 g/mol. The van der Waals surface area contributed by atoms with Crippen LogP contribution in [0.4, 0.5) is 11.4 Å². The van der Waals surface area contributed by atoms with Crippen molar-refractivity contribution in [3.63, 3.8) is 0 Å². The van der Waals surface area contributed by atoms with E-state index >= 15 is 0 Å². The average molecular weight is 335 g/mol. The lowest BCUT2D eigenvalue weighted by atomic mass is 10.2. The van der Waals surface area contributed by atoms with Gasteiger partial charge in [0.05, 0.1) is 18.5 Å². The van der Waals surface area contributed by atoms with Crippen LogP contribution >= 0.6 is 11.6 Å². The zero-order chi connectivity index (χ0) is 17.0. The third kappa shape index (κ3) is 3.92. The number of ether oxygens (including phenoxy) is 1. The second-order valence-electron chi connectivity index (χ2n) is 4.73. The molecule has 3 N–H and O–H groups in total. The van der Waals surface area contributed by atoms with Gasteiger partial charge in [0.25, 0.3) is 0 Å². The van der Waals surface area contributed by atoms with Crippen LogP contribution in [-0.2, 0) is 9.59 Å². The van der Waals surface area contributed by atoms with Crippen molar-refractivity contribution in [1.29, 1.82) is 0 Å². The fourth-order valence-electron chi connectivity index (χ4n) is 1.87. The average Bonchev–Trinajstić information content (AvgIpc) is 2.52. The zero-order valence-corrected chi connectivity index (χ0v) is 13.3. The maximum absolute atomic E-state index is 12.0. The summed E-state index contributed by atoms with van der Waals surface area (Å²) in [6.07, 6.45) is 0. The number of amides is 2. The Balaban J connectivity index is 2.14. The lowest BCUT2D eigenvalue weighted by Gasteiger charge is -2.12. The summed E-state index contributed by atoms with van der Waals surface area (Å²) in [6, 6.07) is 9.26. The fourth-order valence-corrected chi connectivity index (χ4v) is 2.02. The predicted octanol–water partition coefficient (Wildman–Crippen LogP) is 2.94. The summed E-state index contributed by atoms with van der Waals surface area (Å²) in [5, 5.41) is 14.9. The summed E-state index contributed by atoms with van der Waals surface area (Å²) in [6.45, 7) is 1.76. The highest BCUT2D eigenvalue weighted by Gasteiger charge is 2.18. The minimum Gasteiger partial charge on any atom is -0.506 e. The van der Waals surface area contributed by atoms with E-state index in [0.717, 1.165) is 5.56 Å². The molecule has 0 atom stereocenters. The van der Waals surface area contributed by atoms with Crippen molar-refractivity contribution in [3.8, 4) is 11.5 Å². The second-order valence-corrected chi connectivity index (χ2v) is 5.13. The number of anilines is 2. The lowest BCUT2D eigenvalue weighted by molar-refractivity contribution is -0.133. The van der Waals surface area contributed by atoms with E-state index in [1.165, 1.54) is 19.2 Å².